The quantitative estimate of drug-likeness (QED) is 0.868. The molecule has 0 saturated carbocycles. The van der Waals surface area contributed by atoms with E-state index < -0.39 is 0 Å². The first-order valence-electron chi connectivity index (χ1n) is 6.86. The largest absolute Gasteiger partial charge is 0.497 e. The molecule has 0 bridgehead atoms. The number of carbonyl (C=O) groups is 1. The number of aryl methyl sites for hydroxylation is 1. The Morgan fingerprint density at radius 3 is 3.15 bits per heavy atom. The van der Waals surface area contributed by atoms with E-state index in [9.17, 15) is 4.79 Å². The number of hydrogen-bond donors (Lipinski definition) is 1. The average molecular weight is 279 g/mol. The fourth-order valence-corrected chi connectivity index (χ4v) is 2.29. The van der Waals surface area contributed by atoms with Crippen LogP contribution < -0.4 is 4.74 Å². The van der Waals surface area contributed by atoms with Gasteiger partial charge in [0, 0.05) is 19.5 Å². The maximum Gasteiger partial charge on any atom is 0.223 e. The lowest BCUT2D eigenvalue weighted by Gasteiger charge is -2.32. The Morgan fingerprint density at radius 2 is 2.40 bits per heavy atom. The van der Waals surface area contributed by atoms with E-state index in [0.717, 1.165) is 11.3 Å². The van der Waals surface area contributed by atoms with Crippen LogP contribution in [0.4, 0.5) is 0 Å². The summed E-state index contributed by atoms with van der Waals surface area (Å²) in [6, 6.07) is 7.75. The van der Waals surface area contributed by atoms with E-state index in [1.807, 2.05) is 24.3 Å². The molecule has 1 fully saturated rings. The van der Waals surface area contributed by atoms with Crippen LogP contribution in [0.2, 0.25) is 0 Å². The van der Waals surface area contributed by atoms with Gasteiger partial charge >= 0.3 is 0 Å². The maximum absolute atomic E-state index is 12.1. The van der Waals surface area contributed by atoms with Gasteiger partial charge in [0.25, 0.3) is 0 Å². The standard InChI is InChI=1S/C15H21NO4/c1-19-13-4-2-3-12(9-13)5-6-15(18)16-7-8-20-14(10-16)11-17/h2-4,9,14,17H,5-8,10-11H2,1H3. The summed E-state index contributed by atoms with van der Waals surface area (Å²) >= 11 is 0. The van der Waals surface area contributed by atoms with Crippen molar-refractivity contribution in [1.29, 1.82) is 0 Å². The molecule has 1 atom stereocenters. The second kappa shape index (κ2) is 7.26. The summed E-state index contributed by atoms with van der Waals surface area (Å²) in [7, 11) is 1.63. The molecule has 2 rings (SSSR count). The van der Waals surface area contributed by atoms with Crippen molar-refractivity contribution in [3.05, 3.63) is 29.8 Å². The van der Waals surface area contributed by atoms with Crippen molar-refractivity contribution in [2.75, 3.05) is 33.4 Å². The lowest BCUT2D eigenvalue weighted by molar-refractivity contribution is -0.140. The summed E-state index contributed by atoms with van der Waals surface area (Å²) in [6.07, 6.45) is 0.909. The van der Waals surface area contributed by atoms with Crippen molar-refractivity contribution in [2.45, 2.75) is 18.9 Å². The molecule has 0 aromatic heterocycles. The molecule has 1 N–H and O–H groups in total. The zero-order chi connectivity index (χ0) is 14.4. The SMILES string of the molecule is COc1cccc(CCC(=O)N2CCOC(CO)C2)c1. The van der Waals surface area contributed by atoms with Crippen LogP contribution in [0.3, 0.4) is 0 Å². The molecular formula is C15H21NO4. The van der Waals surface area contributed by atoms with Crippen LogP contribution in [-0.4, -0.2) is 55.4 Å². The first-order valence-corrected chi connectivity index (χ1v) is 6.86. The fourth-order valence-electron chi connectivity index (χ4n) is 2.29. The van der Waals surface area contributed by atoms with Crippen molar-refractivity contribution >= 4 is 5.91 Å². The molecule has 1 heterocycles. The van der Waals surface area contributed by atoms with Gasteiger partial charge in [-0.2, -0.15) is 0 Å². The molecule has 5 heteroatoms. The molecule has 1 aliphatic heterocycles. The van der Waals surface area contributed by atoms with Gasteiger partial charge in [-0.3, -0.25) is 4.79 Å². The zero-order valence-corrected chi connectivity index (χ0v) is 11.7. The third kappa shape index (κ3) is 3.95. The number of methoxy groups -OCH3 is 1. The van der Waals surface area contributed by atoms with E-state index in [0.29, 0.717) is 32.5 Å². The van der Waals surface area contributed by atoms with Crippen LogP contribution in [0.1, 0.15) is 12.0 Å². The van der Waals surface area contributed by atoms with Crippen molar-refractivity contribution in [3.8, 4) is 5.75 Å². The highest BCUT2D eigenvalue weighted by atomic mass is 16.5. The number of amides is 1. The van der Waals surface area contributed by atoms with Crippen LogP contribution in [-0.2, 0) is 16.0 Å². The van der Waals surface area contributed by atoms with E-state index in [1.54, 1.807) is 12.0 Å². The molecule has 1 saturated heterocycles. The Hall–Kier alpha value is -1.59. The molecule has 1 amide bonds. The van der Waals surface area contributed by atoms with Crippen LogP contribution >= 0.6 is 0 Å². The van der Waals surface area contributed by atoms with E-state index in [-0.39, 0.29) is 18.6 Å². The van der Waals surface area contributed by atoms with Crippen molar-refractivity contribution < 1.29 is 19.4 Å². The van der Waals surface area contributed by atoms with E-state index in [2.05, 4.69) is 0 Å². The Bertz CT molecular complexity index is 449. The Balaban J connectivity index is 1.85. The van der Waals surface area contributed by atoms with Gasteiger partial charge in [0.15, 0.2) is 0 Å². The normalized spacial score (nSPS) is 18.9. The molecule has 0 radical (unpaired) electrons. The number of hydrogen-bond acceptors (Lipinski definition) is 4. The number of benzene rings is 1. The summed E-state index contributed by atoms with van der Waals surface area (Å²) in [6.45, 7) is 1.54. The van der Waals surface area contributed by atoms with E-state index >= 15 is 0 Å². The molecule has 5 nitrogen and oxygen atoms in total. The van der Waals surface area contributed by atoms with Crippen molar-refractivity contribution in [2.24, 2.45) is 0 Å². The van der Waals surface area contributed by atoms with Gasteiger partial charge < -0.3 is 19.5 Å². The third-order valence-electron chi connectivity index (χ3n) is 3.46. The highest BCUT2D eigenvalue weighted by Gasteiger charge is 2.23. The highest BCUT2D eigenvalue weighted by molar-refractivity contribution is 5.76. The summed E-state index contributed by atoms with van der Waals surface area (Å²) < 4.78 is 10.5. The van der Waals surface area contributed by atoms with Crippen LogP contribution in [0, 0.1) is 0 Å². The number of carbonyl (C=O) groups excluding carboxylic acids is 1. The zero-order valence-electron chi connectivity index (χ0n) is 11.7. The van der Waals surface area contributed by atoms with Gasteiger partial charge in [-0.15, -0.1) is 0 Å². The minimum atomic E-state index is -0.246. The molecular weight excluding hydrogens is 258 g/mol. The lowest BCUT2D eigenvalue weighted by atomic mass is 10.1. The van der Waals surface area contributed by atoms with Crippen molar-refractivity contribution in [1.82, 2.24) is 4.90 Å². The molecule has 1 unspecified atom stereocenters. The summed E-state index contributed by atoms with van der Waals surface area (Å²) in [4.78, 5) is 13.9. The predicted octanol–water partition coefficient (Wildman–Crippen LogP) is 0.847. The minimum Gasteiger partial charge on any atom is -0.497 e. The number of aliphatic hydroxyl groups excluding tert-OH is 1. The second-order valence-electron chi connectivity index (χ2n) is 4.87. The molecule has 0 aliphatic carbocycles. The van der Waals surface area contributed by atoms with Gasteiger partial charge in [-0.25, -0.2) is 0 Å². The molecule has 110 valence electrons. The first-order chi connectivity index (χ1) is 9.72. The summed E-state index contributed by atoms with van der Waals surface area (Å²) in [5.41, 5.74) is 1.09. The third-order valence-corrected chi connectivity index (χ3v) is 3.46. The molecule has 0 spiro atoms. The molecule has 1 aromatic rings. The van der Waals surface area contributed by atoms with Gasteiger partial charge in [-0.05, 0) is 24.1 Å². The Kier molecular flexibility index (Phi) is 5.38. The number of rotatable bonds is 5. The fraction of sp³-hybridized carbons (Fsp3) is 0.533. The topological polar surface area (TPSA) is 59.0 Å². The van der Waals surface area contributed by atoms with Crippen LogP contribution in [0.25, 0.3) is 0 Å². The van der Waals surface area contributed by atoms with E-state index in [1.165, 1.54) is 0 Å². The highest BCUT2D eigenvalue weighted by Crippen LogP contribution is 2.15. The van der Waals surface area contributed by atoms with Crippen molar-refractivity contribution in [3.63, 3.8) is 0 Å². The average Bonchev–Trinajstić information content (AvgIpc) is 2.52. The smallest absolute Gasteiger partial charge is 0.223 e. The first kappa shape index (κ1) is 14.8. The number of aliphatic hydroxyl groups is 1. The number of morpholine rings is 1. The Morgan fingerprint density at radius 1 is 1.55 bits per heavy atom. The Labute approximate surface area is 119 Å². The maximum atomic E-state index is 12.1. The number of ether oxygens (including phenoxy) is 2. The number of nitrogens with zero attached hydrogens (tertiary/aromatic N) is 1. The van der Waals surface area contributed by atoms with Crippen LogP contribution in [0.5, 0.6) is 5.75 Å². The van der Waals surface area contributed by atoms with Gasteiger partial charge in [0.05, 0.1) is 26.4 Å². The van der Waals surface area contributed by atoms with E-state index in [4.69, 9.17) is 14.6 Å². The molecule has 1 aromatic carbocycles. The summed E-state index contributed by atoms with van der Waals surface area (Å²) in [5, 5.41) is 9.08. The van der Waals surface area contributed by atoms with Gasteiger partial charge in [0.2, 0.25) is 5.91 Å². The minimum absolute atomic E-state index is 0.0420. The van der Waals surface area contributed by atoms with Crippen LogP contribution in [0.15, 0.2) is 24.3 Å². The predicted molar refractivity (Wildman–Crippen MR) is 74.7 cm³/mol. The molecule has 20 heavy (non-hydrogen) atoms. The van der Waals surface area contributed by atoms with Gasteiger partial charge in [0.1, 0.15) is 5.75 Å². The lowest BCUT2D eigenvalue weighted by Crippen LogP contribution is -2.46. The summed E-state index contributed by atoms with van der Waals surface area (Å²) in [5.74, 6) is 0.913. The monoisotopic (exact) mass is 279 g/mol. The second-order valence-corrected chi connectivity index (χ2v) is 4.87. The van der Waals surface area contributed by atoms with Gasteiger partial charge in [-0.1, -0.05) is 12.1 Å². The molecule has 1 aliphatic rings.